The number of ketones is 1. The molecule has 0 aliphatic heterocycles. The third-order valence-corrected chi connectivity index (χ3v) is 2.59. The molecular weight excluding hydrogens is 299 g/mol. The van der Waals surface area contributed by atoms with E-state index in [0.717, 1.165) is 19.3 Å². The maximum atomic E-state index is 10.7. The second-order valence-corrected chi connectivity index (χ2v) is 4.23. The van der Waals surface area contributed by atoms with Gasteiger partial charge < -0.3 is 0 Å². The Hall–Kier alpha value is -0.560. The van der Waals surface area contributed by atoms with E-state index in [-0.39, 0.29) is 5.78 Å². The maximum absolute atomic E-state index is 10.7. The van der Waals surface area contributed by atoms with Gasteiger partial charge in [0.15, 0.2) is 0 Å². The molecule has 0 aliphatic rings. The van der Waals surface area contributed by atoms with E-state index in [1.54, 1.807) is 0 Å². The molecule has 15 heavy (non-hydrogen) atoms. The lowest BCUT2D eigenvalue weighted by Crippen LogP contribution is -1.90. The Labute approximate surface area is 106 Å². The minimum absolute atomic E-state index is 0.0963. The Kier molecular flexibility index (Phi) is 11.1. The molecule has 0 atom stereocenters. The van der Waals surface area contributed by atoms with Crippen LogP contribution < -0.4 is 0 Å². The van der Waals surface area contributed by atoms with E-state index >= 15 is 0 Å². The normalized spacial score (nSPS) is 10.9. The number of rotatable bonds is 8. The predicted octanol–water partition coefficient (Wildman–Crippen LogP) is 3.69. The molecule has 0 N–H and O–H groups in total. The van der Waals surface area contributed by atoms with Crippen LogP contribution in [0.5, 0.6) is 0 Å². The maximum Gasteiger partial charge on any atom is 0.205 e. The van der Waals surface area contributed by atoms with E-state index in [9.17, 15) is 4.79 Å². The molecule has 1 nitrogen and oxygen atoms in total. The average molecular weight is 316 g/mol. The van der Waals surface area contributed by atoms with Gasteiger partial charge in [0, 0.05) is 6.42 Å². The molecule has 82 valence electrons. The number of hydrogen-bond donors (Lipinski definition) is 0. The molecule has 2 heteroatoms. The number of Topliss-reactive ketones (excluding diaryl/α,β-unsaturated/α-hetero) is 1. The number of carbonyl (C=O) groups excluding carboxylic acids is 1. The van der Waals surface area contributed by atoms with Crippen LogP contribution in [0.4, 0.5) is 0 Å². The molecule has 0 fully saturated rings. The number of allylic oxidation sites excluding steroid dienone is 4. The molecule has 0 radical (unpaired) electrons. The third-order valence-electron chi connectivity index (χ3n) is 1.82. The predicted molar refractivity (Wildman–Crippen MR) is 74.1 cm³/mol. The van der Waals surface area contributed by atoms with Gasteiger partial charge in [0.1, 0.15) is 0 Å². The highest BCUT2D eigenvalue weighted by atomic mass is 127. The first-order valence-corrected chi connectivity index (χ1v) is 6.71. The summed E-state index contributed by atoms with van der Waals surface area (Å²) in [5.41, 5.74) is 0. The van der Waals surface area contributed by atoms with Crippen LogP contribution in [0.15, 0.2) is 24.3 Å². The SMILES string of the molecule is C#CC(=O)CCC/C=C/C=C/CCCI. The molecule has 0 saturated heterocycles. The number of carbonyl (C=O) groups is 1. The first kappa shape index (κ1) is 14.4. The fourth-order valence-corrected chi connectivity index (χ4v) is 1.44. The summed E-state index contributed by atoms with van der Waals surface area (Å²) < 4.78 is 1.21. The summed E-state index contributed by atoms with van der Waals surface area (Å²) in [6.07, 6.45) is 17.9. The Morgan fingerprint density at radius 3 is 2.33 bits per heavy atom. The zero-order chi connectivity index (χ0) is 11.4. The molecule has 0 amide bonds. The van der Waals surface area contributed by atoms with Crippen molar-refractivity contribution in [1.82, 2.24) is 0 Å². The van der Waals surface area contributed by atoms with Gasteiger partial charge in [-0.2, -0.15) is 0 Å². The minimum atomic E-state index is -0.0963. The Morgan fingerprint density at radius 2 is 1.80 bits per heavy atom. The molecule has 0 saturated carbocycles. The molecule has 0 heterocycles. The molecule has 0 aromatic heterocycles. The fraction of sp³-hybridized carbons (Fsp3) is 0.462. The van der Waals surface area contributed by atoms with Crippen LogP contribution in [0, 0.1) is 12.3 Å². The lowest BCUT2D eigenvalue weighted by atomic mass is 10.2. The Bertz CT molecular complexity index is 258. The third kappa shape index (κ3) is 11.4. The summed E-state index contributed by atoms with van der Waals surface area (Å²) in [4.78, 5) is 10.7. The summed E-state index contributed by atoms with van der Waals surface area (Å²) in [5.74, 6) is 2.02. The molecule has 0 aliphatic carbocycles. The number of hydrogen-bond acceptors (Lipinski definition) is 1. The van der Waals surface area contributed by atoms with E-state index in [1.807, 2.05) is 6.08 Å². The summed E-state index contributed by atoms with van der Waals surface area (Å²) in [7, 11) is 0. The van der Waals surface area contributed by atoms with Crippen molar-refractivity contribution in [2.24, 2.45) is 0 Å². The summed E-state index contributed by atoms with van der Waals surface area (Å²) in [6.45, 7) is 0. The zero-order valence-corrected chi connectivity index (χ0v) is 11.1. The molecule has 0 aromatic carbocycles. The number of halogens is 1. The van der Waals surface area contributed by atoms with Crippen LogP contribution in [0.25, 0.3) is 0 Å². The Morgan fingerprint density at radius 1 is 1.20 bits per heavy atom. The smallest absolute Gasteiger partial charge is 0.205 e. The van der Waals surface area contributed by atoms with Crippen molar-refractivity contribution >= 4 is 28.4 Å². The van der Waals surface area contributed by atoms with Gasteiger partial charge in [0.2, 0.25) is 5.78 Å². The number of unbranched alkanes of at least 4 members (excludes halogenated alkanes) is 2. The summed E-state index contributed by atoms with van der Waals surface area (Å²) in [5, 5.41) is 0. The second kappa shape index (κ2) is 11.5. The van der Waals surface area contributed by atoms with Crippen molar-refractivity contribution in [3.63, 3.8) is 0 Å². The van der Waals surface area contributed by atoms with Crippen molar-refractivity contribution < 1.29 is 4.79 Å². The standard InChI is InChI=1S/C13H17IO/c1-2-13(15)11-9-7-5-3-4-6-8-10-12-14/h1,3-6H,7-12H2/b5-3+,6-4+. The lowest BCUT2D eigenvalue weighted by Gasteiger charge is -1.89. The lowest BCUT2D eigenvalue weighted by molar-refractivity contribution is -0.113. The molecule has 0 aromatic rings. The molecule has 0 bridgehead atoms. The van der Waals surface area contributed by atoms with E-state index in [2.05, 4.69) is 46.7 Å². The molecule has 0 unspecified atom stereocenters. The quantitative estimate of drug-likeness (QED) is 0.167. The van der Waals surface area contributed by atoms with Crippen LogP contribution in [0.2, 0.25) is 0 Å². The van der Waals surface area contributed by atoms with Crippen LogP contribution >= 0.6 is 22.6 Å². The largest absolute Gasteiger partial charge is 0.285 e. The summed E-state index contributed by atoms with van der Waals surface area (Å²) in [6, 6.07) is 0. The molecule has 0 spiro atoms. The van der Waals surface area contributed by atoms with E-state index in [0.29, 0.717) is 6.42 Å². The van der Waals surface area contributed by atoms with Gasteiger partial charge in [0.05, 0.1) is 0 Å². The Balaban J connectivity index is 3.36. The van der Waals surface area contributed by atoms with Gasteiger partial charge in [-0.3, -0.25) is 4.79 Å². The van der Waals surface area contributed by atoms with Crippen LogP contribution in [-0.2, 0) is 4.79 Å². The van der Waals surface area contributed by atoms with Gasteiger partial charge in [-0.25, -0.2) is 0 Å². The van der Waals surface area contributed by atoms with Gasteiger partial charge in [0.25, 0.3) is 0 Å². The van der Waals surface area contributed by atoms with E-state index < -0.39 is 0 Å². The minimum Gasteiger partial charge on any atom is -0.285 e. The highest BCUT2D eigenvalue weighted by molar-refractivity contribution is 14.1. The van der Waals surface area contributed by atoms with Crippen molar-refractivity contribution in [2.45, 2.75) is 32.1 Å². The van der Waals surface area contributed by atoms with Gasteiger partial charge in [-0.05, 0) is 36.0 Å². The second-order valence-electron chi connectivity index (χ2n) is 3.15. The van der Waals surface area contributed by atoms with Crippen molar-refractivity contribution in [2.75, 3.05) is 4.43 Å². The van der Waals surface area contributed by atoms with Gasteiger partial charge in [-0.15, -0.1) is 6.42 Å². The number of alkyl halides is 1. The average Bonchev–Trinajstić information content (AvgIpc) is 2.26. The monoisotopic (exact) mass is 316 g/mol. The topological polar surface area (TPSA) is 17.1 Å². The fourth-order valence-electron chi connectivity index (χ4n) is 0.997. The van der Waals surface area contributed by atoms with Crippen molar-refractivity contribution in [3.05, 3.63) is 24.3 Å². The molecule has 0 rings (SSSR count). The van der Waals surface area contributed by atoms with Crippen LogP contribution in [0.3, 0.4) is 0 Å². The highest BCUT2D eigenvalue weighted by Gasteiger charge is 1.92. The van der Waals surface area contributed by atoms with Crippen molar-refractivity contribution in [1.29, 1.82) is 0 Å². The van der Waals surface area contributed by atoms with Crippen LogP contribution in [-0.4, -0.2) is 10.2 Å². The highest BCUT2D eigenvalue weighted by Crippen LogP contribution is 1.99. The zero-order valence-electron chi connectivity index (χ0n) is 8.92. The van der Waals surface area contributed by atoms with Gasteiger partial charge >= 0.3 is 0 Å². The molecular formula is C13H17IO. The van der Waals surface area contributed by atoms with Gasteiger partial charge in [-0.1, -0.05) is 46.9 Å². The first-order chi connectivity index (χ1) is 7.31. The first-order valence-electron chi connectivity index (χ1n) is 5.18. The van der Waals surface area contributed by atoms with E-state index in [1.165, 1.54) is 10.8 Å². The summed E-state index contributed by atoms with van der Waals surface area (Å²) >= 11 is 2.38. The van der Waals surface area contributed by atoms with E-state index in [4.69, 9.17) is 6.42 Å². The number of terminal acetylenes is 1. The van der Waals surface area contributed by atoms with Crippen LogP contribution in [0.1, 0.15) is 32.1 Å². The van der Waals surface area contributed by atoms with Crippen molar-refractivity contribution in [3.8, 4) is 12.3 Å².